The average Bonchev–Trinajstić information content (AvgIpc) is 3.36. The van der Waals surface area contributed by atoms with E-state index in [0.29, 0.717) is 6.04 Å². The van der Waals surface area contributed by atoms with Crippen LogP contribution in [-0.4, -0.2) is 60.9 Å². The maximum Gasteiger partial charge on any atom is 0.191 e. The Bertz CT molecular complexity index is 671. The first-order chi connectivity index (χ1) is 13.3. The van der Waals surface area contributed by atoms with Crippen LogP contribution in [0.25, 0.3) is 0 Å². The van der Waals surface area contributed by atoms with E-state index < -0.39 is 0 Å². The third kappa shape index (κ3) is 6.09. The molecule has 3 rings (SSSR count). The lowest BCUT2D eigenvalue weighted by molar-refractivity contribution is -0.0327. The van der Waals surface area contributed by atoms with Crippen LogP contribution in [0.2, 0.25) is 0 Å². The number of nitrogens with zero attached hydrogens (tertiary/aromatic N) is 3. The van der Waals surface area contributed by atoms with Gasteiger partial charge in [0.1, 0.15) is 0 Å². The zero-order chi connectivity index (χ0) is 18.9. The Hall–Kier alpha value is -1.83. The molecule has 2 N–H and O–H groups in total. The van der Waals surface area contributed by atoms with Crippen molar-refractivity contribution in [3.8, 4) is 0 Å². The molecule has 0 bridgehead atoms. The lowest BCUT2D eigenvalue weighted by atomic mass is 10.1. The predicted molar refractivity (Wildman–Crippen MR) is 112 cm³/mol. The van der Waals surface area contributed by atoms with Crippen LogP contribution < -0.4 is 10.6 Å². The third-order valence-electron chi connectivity index (χ3n) is 4.68. The van der Waals surface area contributed by atoms with Crippen molar-refractivity contribution in [2.24, 2.45) is 4.99 Å². The molecule has 0 aromatic carbocycles. The van der Waals surface area contributed by atoms with Crippen molar-refractivity contribution in [3.05, 3.63) is 46.9 Å². The highest BCUT2D eigenvalue weighted by Crippen LogP contribution is 2.27. The first kappa shape index (κ1) is 19.9. The van der Waals surface area contributed by atoms with Gasteiger partial charge in [0, 0.05) is 50.0 Å². The number of ether oxygens (including phenoxy) is 1. The first-order valence-corrected chi connectivity index (χ1v) is 10.7. The molecular formula is C20H31N5OS. The van der Waals surface area contributed by atoms with E-state index in [1.165, 1.54) is 4.88 Å². The summed E-state index contributed by atoms with van der Waals surface area (Å²) in [6.45, 7) is 10.3. The quantitative estimate of drug-likeness (QED) is 0.538. The van der Waals surface area contributed by atoms with Gasteiger partial charge in [-0.25, -0.2) is 0 Å². The SMILES string of the molecule is CCNC(=NCC(c1cccs1)N1CCOC(C)C1)NCCn1cccc1. The Labute approximate surface area is 166 Å². The molecule has 2 aromatic heterocycles. The summed E-state index contributed by atoms with van der Waals surface area (Å²) in [5.74, 6) is 0.882. The Kier molecular flexibility index (Phi) is 7.74. The summed E-state index contributed by atoms with van der Waals surface area (Å²) in [4.78, 5) is 8.78. The monoisotopic (exact) mass is 389 g/mol. The van der Waals surface area contributed by atoms with E-state index in [1.807, 2.05) is 23.5 Å². The van der Waals surface area contributed by atoms with Gasteiger partial charge >= 0.3 is 0 Å². The normalized spacial score (nSPS) is 19.8. The number of thiophene rings is 1. The molecule has 0 amide bonds. The predicted octanol–water partition coefficient (Wildman–Crippen LogP) is 2.57. The van der Waals surface area contributed by atoms with Crippen molar-refractivity contribution in [3.63, 3.8) is 0 Å². The minimum Gasteiger partial charge on any atom is -0.376 e. The zero-order valence-corrected chi connectivity index (χ0v) is 17.1. The molecule has 1 aliphatic heterocycles. The number of guanidine groups is 1. The molecule has 0 spiro atoms. The minimum atomic E-state index is 0.276. The summed E-state index contributed by atoms with van der Waals surface area (Å²) in [6.07, 6.45) is 4.44. The fraction of sp³-hybridized carbons (Fsp3) is 0.550. The second-order valence-corrected chi connectivity index (χ2v) is 7.75. The Morgan fingerprint density at radius 1 is 1.33 bits per heavy atom. The summed E-state index contributed by atoms with van der Waals surface area (Å²) < 4.78 is 7.89. The zero-order valence-electron chi connectivity index (χ0n) is 16.3. The molecule has 6 nitrogen and oxygen atoms in total. The number of hydrogen-bond donors (Lipinski definition) is 2. The fourth-order valence-electron chi connectivity index (χ4n) is 3.34. The highest BCUT2D eigenvalue weighted by molar-refractivity contribution is 7.10. The molecule has 3 heterocycles. The van der Waals surface area contributed by atoms with Gasteiger partial charge in [0.25, 0.3) is 0 Å². The van der Waals surface area contributed by atoms with Crippen LogP contribution in [0.15, 0.2) is 47.0 Å². The molecule has 0 radical (unpaired) electrons. The molecule has 2 atom stereocenters. The van der Waals surface area contributed by atoms with E-state index >= 15 is 0 Å². The maximum absolute atomic E-state index is 5.73. The van der Waals surface area contributed by atoms with Gasteiger partial charge in [-0.05, 0) is 37.4 Å². The van der Waals surface area contributed by atoms with Gasteiger partial charge in [-0.2, -0.15) is 0 Å². The van der Waals surface area contributed by atoms with E-state index in [2.05, 4.69) is 63.9 Å². The maximum atomic E-state index is 5.73. The van der Waals surface area contributed by atoms with Crippen molar-refractivity contribution in [2.45, 2.75) is 32.5 Å². The summed E-state index contributed by atoms with van der Waals surface area (Å²) in [6, 6.07) is 8.75. The fourth-order valence-corrected chi connectivity index (χ4v) is 4.19. The standard InChI is InChI=1S/C20H31N5OS/c1-3-21-20(22-8-11-24-9-4-5-10-24)23-15-18(19-7-6-14-27-19)25-12-13-26-17(2)16-25/h4-7,9-10,14,17-18H,3,8,11-13,15-16H2,1-2H3,(H2,21,22,23). The number of aliphatic imine (C=N–C) groups is 1. The second kappa shape index (κ2) is 10.5. The third-order valence-corrected chi connectivity index (χ3v) is 5.65. The van der Waals surface area contributed by atoms with Gasteiger partial charge in [0.15, 0.2) is 5.96 Å². The second-order valence-electron chi connectivity index (χ2n) is 6.77. The van der Waals surface area contributed by atoms with E-state index in [0.717, 1.165) is 51.8 Å². The van der Waals surface area contributed by atoms with Crippen LogP contribution in [0.3, 0.4) is 0 Å². The van der Waals surface area contributed by atoms with Crippen LogP contribution in [0.5, 0.6) is 0 Å². The molecule has 7 heteroatoms. The van der Waals surface area contributed by atoms with Crippen LogP contribution in [-0.2, 0) is 11.3 Å². The number of nitrogens with one attached hydrogen (secondary N) is 2. The van der Waals surface area contributed by atoms with Gasteiger partial charge in [-0.3, -0.25) is 9.89 Å². The number of rotatable bonds is 8. The molecule has 2 aromatic rings. The average molecular weight is 390 g/mol. The highest BCUT2D eigenvalue weighted by Gasteiger charge is 2.26. The molecule has 1 fully saturated rings. The summed E-state index contributed by atoms with van der Waals surface area (Å²) in [5, 5.41) is 8.96. The van der Waals surface area contributed by atoms with Crippen molar-refractivity contribution in [1.82, 2.24) is 20.1 Å². The lowest BCUT2D eigenvalue weighted by Crippen LogP contribution is -2.44. The highest BCUT2D eigenvalue weighted by atomic mass is 32.1. The molecule has 1 aliphatic rings. The van der Waals surface area contributed by atoms with Crippen LogP contribution in [0.1, 0.15) is 24.8 Å². The molecule has 0 aliphatic carbocycles. The van der Waals surface area contributed by atoms with Crippen molar-refractivity contribution in [2.75, 3.05) is 39.3 Å². The van der Waals surface area contributed by atoms with Crippen LogP contribution in [0.4, 0.5) is 0 Å². The molecular weight excluding hydrogens is 358 g/mol. The Morgan fingerprint density at radius 2 is 2.19 bits per heavy atom. The summed E-state index contributed by atoms with van der Waals surface area (Å²) >= 11 is 1.81. The number of morpholine rings is 1. The summed E-state index contributed by atoms with van der Waals surface area (Å²) in [7, 11) is 0. The van der Waals surface area contributed by atoms with Gasteiger partial charge in [-0.15, -0.1) is 11.3 Å². The van der Waals surface area contributed by atoms with Gasteiger partial charge < -0.3 is 19.9 Å². The topological polar surface area (TPSA) is 53.8 Å². The van der Waals surface area contributed by atoms with Crippen molar-refractivity contribution < 1.29 is 4.74 Å². The molecule has 0 saturated carbocycles. The molecule has 148 valence electrons. The lowest BCUT2D eigenvalue weighted by Gasteiger charge is -2.36. The first-order valence-electron chi connectivity index (χ1n) is 9.78. The Balaban J connectivity index is 1.62. The molecule has 2 unspecified atom stereocenters. The van der Waals surface area contributed by atoms with Crippen LogP contribution >= 0.6 is 11.3 Å². The largest absolute Gasteiger partial charge is 0.376 e. The van der Waals surface area contributed by atoms with Gasteiger partial charge in [0.05, 0.1) is 25.3 Å². The Morgan fingerprint density at radius 3 is 2.89 bits per heavy atom. The van der Waals surface area contributed by atoms with E-state index in [-0.39, 0.29) is 6.10 Å². The smallest absolute Gasteiger partial charge is 0.191 e. The minimum absolute atomic E-state index is 0.276. The molecule has 27 heavy (non-hydrogen) atoms. The van der Waals surface area contributed by atoms with Crippen LogP contribution in [0, 0.1) is 0 Å². The van der Waals surface area contributed by atoms with Gasteiger partial charge in [-0.1, -0.05) is 6.07 Å². The van der Waals surface area contributed by atoms with Gasteiger partial charge in [0.2, 0.25) is 0 Å². The molecule has 1 saturated heterocycles. The van der Waals surface area contributed by atoms with E-state index in [9.17, 15) is 0 Å². The van der Waals surface area contributed by atoms with Crippen molar-refractivity contribution in [1.29, 1.82) is 0 Å². The summed E-state index contributed by atoms with van der Waals surface area (Å²) in [5.41, 5.74) is 0. The van der Waals surface area contributed by atoms with E-state index in [1.54, 1.807) is 0 Å². The number of aromatic nitrogens is 1. The van der Waals surface area contributed by atoms with E-state index in [4.69, 9.17) is 9.73 Å². The number of hydrogen-bond acceptors (Lipinski definition) is 4. The van der Waals surface area contributed by atoms with Crippen molar-refractivity contribution >= 4 is 17.3 Å².